The van der Waals surface area contributed by atoms with Gasteiger partial charge >= 0.3 is 12.3 Å². The number of rotatable bonds is 9. The Labute approximate surface area is 198 Å². The highest BCUT2D eigenvalue weighted by Gasteiger charge is 2.44. The van der Waals surface area contributed by atoms with Crippen molar-refractivity contribution < 1.29 is 35.5 Å². The van der Waals surface area contributed by atoms with Crippen molar-refractivity contribution in [1.82, 2.24) is 4.90 Å². The molecule has 0 spiro atoms. The molecule has 196 valence electrons. The Morgan fingerprint density at radius 2 is 1.58 bits per heavy atom. The molecule has 1 aliphatic heterocycles. The van der Waals surface area contributed by atoms with E-state index in [-0.39, 0.29) is 29.4 Å². The van der Waals surface area contributed by atoms with E-state index in [0.717, 1.165) is 0 Å². The van der Waals surface area contributed by atoms with Crippen LogP contribution in [0.25, 0.3) is 0 Å². The normalized spacial score (nSPS) is 20.9. The minimum Gasteiger partial charge on any atom is -0.444 e. The van der Waals surface area contributed by atoms with Gasteiger partial charge in [0, 0.05) is 19.0 Å². The van der Waals surface area contributed by atoms with Gasteiger partial charge in [-0.1, -0.05) is 20.8 Å². The average molecular weight is 518 g/mol. The molecular formula is C22H42F3NO5SSi. The van der Waals surface area contributed by atoms with E-state index in [0.29, 0.717) is 19.4 Å². The fraction of sp³-hybridized carbons (Fsp3) is 0.955. The molecule has 1 amide bonds. The summed E-state index contributed by atoms with van der Waals surface area (Å²) in [6, 6.07) is -0.236. The van der Waals surface area contributed by atoms with Gasteiger partial charge in [0.1, 0.15) is 15.4 Å². The Bertz CT molecular complexity index is 757. The summed E-state index contributed by atoms with van der Waals surface area (Å²) < 4.78 is 73.3. The van der Waals surface area contributed by atoms with Gasteiger partial charge in [0.15, 0.2) is 8.32 Å². The fourth-order valence-corrected chi connectivity index (χ4v) is 6.26. The summed E-state index contributed by atoms with van der Waals surface area (Å²) in [5.74, 6) is -0.679. The molecule has 1 heterocycles. The summed E-state index contributed by atoms with van der Waals surface area (Å²) in [5, 5.41) is 0.00628. The van der Waals surface area contributed by atoms with Crippen molar-refractivity contribution in [3.8, 4) is 0 Å². The van der Waals surface area contributed by atoms with Crippen molar-refractivity contribution in [2.75, 3.05) is 18.1 Å². The number of hydrogen-bond acceptors (Lipinski definition) is 5. The summed E-state index contributed by atoms with van der Waals surface area (Å²) in [6.45, 7) is 16.4. The first-order valence-electron chi connectivity index (χ1n) is 11.6. The molecular weight excluding hydrogens is 475 g/mol. The number of alkyl halides is 3. The third-order valence-corrected chi connectivity index (χ3v) is 12.5. The molecule has 1 fully saturated rings. The van der Waals surface area contributed by atoms with Crippen LogP contribution < -0.4 is 0 Å². The number of amides is 1. The molecule has 33 heavy (non-hydrogen) atoms. The second-order valence-electron chi connectivity index (χ2n) is 11.5. The van der Waals surface area contributed by atoms with Gasteiger partial charge in [-0.15, -0.1) is 0 Å². The number of sulfone groups is 1. The van der Waals surface area contributed by atoms with E-state index in [1.165, 1.54) is 0 Å². The van der Waals surface area contributed by atoms with Crippen molar-refractivity contribution in [1.29, 1.82) is 0 Å². The molecule has 1 aliphatic rings. The van der Waals surface area contributed by atoms with Crippen molar-refractivity contribution in [3.05, 3.63) is 0 Å². The Morgan fingerprint density at radius 3 is 2.06 bits per heavy atom. The Kier molecular flexibility index (Phi) is 9.93. The van der Waals surface area contributed by atoms with E-state index in [1.54, 1.807) is 25.7 Å². The number of likely N-dealkylation sites (tertiary alicyclic amines) is 1. The Morgan fingerprint density at radius 1 is 1.03 bits per heavy atom. The van der Waals surface area contributed by atoms with Gasteiger partial charge < -0.3 is 14.1 Å². The highest BCUT2D eigenvalue weighted by Crippen LogP contribution is 2.39. The van der Waals surface area contributed by atoms with Gasteiger partial charge in [0.2, 0.25) is 0 Å². The molecule has 6 nitrogen and oxygen atoms in total. The summed E-state index contributed by atoms with van der Waals surface area (Å²) in [7, 11) is -5.65. The van der Waals surface area contributed by atoms with Gasteiger partial charge in [-0.05, 0) is 64.6 Å². The van der Waals surface area contributed by atoms with Crippen LogP contribution in [0.2, 0.25) is 18.1 Å². The van der Waals surface area contributed by atoms with E-state index in [9.17, 15) is 26.4 Å². The van der Waals surface area contributed by atoms with Crippen LogP contribution in [0.5, 0.6) is 0 Å². The Balaban J connectivity index is 2.79. The van der Waals surface area contributed by atoms with Crippen LogP contribution in [-0.4, -0.2) is 69.7 Å². The van der Waals surface area contributed by atoms with Gasteiger partial charge in [-0.2, -0.15) is 13.2 Å². The first-order valence-corrected chi connectivity index (χ1v) is 16.3. The maximum atomic E-state index is 12.8. The number of ether oxygens (including phenoxy) is 1. The molecule has 0 aromatic rings. The minimum absolute atomic E-state index is 0.00628. The molecule has 0 saturated carbocycles. The summed E-state index contributed by atoms with van der Waals surface area (Å²) in [6.07, 6.45) is -5.23. The lowest BCUT2D eigenvalue weighted by Gasteiger charge is -2.38. The Hall–Kier alpha value is -0.813. The molecule has 0 radical (unpaired) electrons. The molecule has 11 heteroatoms. The third kappa shape index (κ3) is 11.0. The molecule has 1 saturated heterocycles. The fourth-order valence-electron chi connectivity index (χ4n) is 3.50. The number of halogens is 3. The van der Waals surface area contributed by atoms with E-state index in [4.69, 9.17) is 9.16 Å². The van der Waals surface area contributed by atoms with Gasteiger partial charge in [0.25, 0.3) is 0 Å². The van der Waals surface area contributed by atoms with Gasteiger partial charge in [0.05, 0.1) is 17.6 Å². The lowest BCUT2D eigenvalue weighted by Crippen LogP contribution is -2.45. The molecule has 0 aromatic carbocycles. The molecule has 2 atom stereocenters. The second-order valence-corrected chi connectivity index (χ2v) is 18.6. The molecule has 0 aromatic heterocycles. The minimum atomic E-state index is -4.35. The standard InChI is InChI=1S/C22H42F3NO5SSi/c1-20(2,3)30-19(27)26-16-18(31-33(7,8)21(4,5)6)15-17(26)11-9-13-32(28,29)14-10-12-22(23,24)25/h17-18H,9-16H2,1-8H3/t17-,18-/m1/s1. The van der Waals surface area contributed by atoms with Crippen LogP contribution in [0.1, 0.15) is 73.6 Å². The number of carbonyl (C=O) groups excluding carboxylic acids is 1. The third-order valence-electron chi connectivity index (χ3n) is 6.18. The molecule has 0 N–H and O–H groups in total. The quantitative estimate of drug-likeness (QED) is 0.355. The van der Waals surface area contributed by atoms with Crippen molar-refractivity contribution in [2.45, 2.75) is 116 Å². The largest absolute Gasteiger partial charge is 0.444 e. The summed E-state index contributed by atoms with van der Waals surface area (Å²) >= 11 is 0. The summed E-state index contributed by atoms with van der Waals surface area (Å²) in [5.41, 5.74) is -0.665. The SMILES string of the molecule is CC(C)(C)OC(=O)N1C[C@H](O[Si](C)(C)C(C)(C)C)C[C@H]1CCCS(=O)(=O)CCCC(F)(F)F. The van der Waals surface area contributed by atoms with E-state index in [1.807, 2.05) is 0 Å². The first kappa shape index (κ1) is 30.2. The maximum absolute atomic E-state index is 12.8. The van der Waals surface area contributed by atoms with Crippen LogP contribution in [0.3, 0.4) is 0 Å². The number of hydrogen-bond donors (Lipinski definition) is 0. The lowest BCUT2D eigenvalue weighted by atomic mass is 10.1. The van der Waals surface area contributed by atoms with Crippen molar-refractivity contribution >= 4 is 24.2 Å². The van der Waals surface area contributed by atoms with Gasteiger partial charge in [-0.25, -0.2) is 13.2 Å². The second kappa shape index (κ2) is 10.8. The monoisotopic (exact) mass is 517 g/mol. The number of nitrogens with zero attached hydrogens (tertiary/aromatic N) is 1. The van der Waals surface area contributed by atoms with E-state index in [2.05, 4.69) is 33.9 Å². The average Bonchev–Trinajstić information content (AvgIpc) is 2.92. The smallest absolute Gasteiger partial charge is 0.410 e. The predicted octanol–water partition coefficient (Wildman–Crippen LogP) is 5.92. The van der Waals surface area contributed by atoms with Crippen LogP contribution in [0.15, 0.2) is 0 Å². The topological polar surface area (TPSA) is 72.9 Å². The van der Waals surface area contributed by atoms with Crippen LogP contribution >= 0.6 is 0 Å². The van der Waals surface area contributed by atoms with E-state index < -0.39 is 54.6 Å². The number of carbonyl (C=O) groups is 1. The van der Waals surface area contributed by atoms with Crippen LogP contribution in [0, 0.1) is 0 Å². The maximum Gasteiger partial charge on any atom is 0.410 e. The molecule has 0 unspecified atom stereocenters. The van der Waals surface area contributed by atoms with E-state index >= 15 is 0 Å². The van der Waals surface area contributed by atoms with Crippen LogP contribution in [0.4, 0.5) is 18.0 Å². The predicted molar refractivity (Wildman–Crippen MR) is 127 cm³/mol. The summed E-state index contributed by atoms with van der Waals surface area (Å²) in [4.78, 5) is 14.4. The lowest BCUT2D eigenvalue weighted by molar-refractivity contribution is -0.134. The highest BCUT2D eigenvalue weighted by molar-refractivity contribution is 7.91. The zero-order valence-corrected chi connectivity index (χ0v) is 23.2. The highest BCUT2D eigenvalue weighted by atomic mass is 32.2. The van der Waals surface area contributed by atoms with Gasteiger partial charge in [-0.3, -0.25) is 0 Å². The first-order chi connectivity index (χ1) is 14.6. The van der Waals surface area contributed by atoms with Crippen molar-refractivity contribution in [3.63, 3.8) is 0 Å². The molecule has 0 bridgehead atoms. The molecule has 1 rings (SSSR count). The molecule has 0 aliphatic carbocycles. The van der Waals surface area contributed by atoms with Crippen LogP contribution in [-0.2, 0) is 19.0 Å². The zero-order chi connectivity index (χ0) is 25.9. The zero-order valence-electron chi connectivity index (χ0n) is 21.3. The van der Waals surface area contributed by atoms with Crippen molar-refractivity contribution in [2.24, 2.45) is 0 Å².